The Hall–Kier alpha value is -6.62. The van der Waals surface area contributed by atoms with Gasteiger partial charge >= 0.3 is 0 Å². The van der Waals surface area contributed by atoms with E-state index < -0.39 is 0 Å². The summed E-state index contributed by atoms with van der Waals surface area (Å²) in [5.41, 5.74) is 11.9. The molecule has 0 atom stereocenters. The largest absolute Gasteiger partial charge is 0.514 e. The molecule has 4 heterocycles. The Morgan fingerprint density at radius 2 is 1.29 bits per heavy atom. The van der Waals surface area contributed by atoms with Crippen LogP contribution in [0.15, 0.2) is 164 Å². The molecule has 1 N–H and O–H groups in total. The van der Waals surface area contributed by atoms with Gasteiger partial charge in [-0.3, -0.25) is 0 Å². The van der Waals surface area contributed by atoms with Crippen molar-refractivity contribution in [3.8, 4) is 34.1 Å². The van der Waals surface area contributed by atoms with Crippen LogP contribution in [0, 0.1) is 18.8 Å². The molecule has 0 saturated heterocycles. The van der Waals surface area contributed by atoms with Crippen molar-refractivity contribution in [2.24, 2.45) is 0 Å². The predicted molar refractivity (Wildman–Crippen MR) is 238 cm³/mol. The molecule has 0 amide bonds. The van der Waals surface area contributed by atoms with Crippen LogP contribution in [0.3, 0.4) is 0 Å². The van der Waals surface area contributed by atoms with Gasteiger partial charge in [-0.2, -0.15) is 18.8 Å². The zero-order valence-corrected chi connectivity index (χ0v) is 35.0. The third-order valence-corrected chi connectivity index (χ3v) is 11.3. The van der Waals surface area contributed by atoms with Crippen molar-refractivity contribution in [2.75, 3.05) is 10.2 Å². The van der Waals surface area contributed by atoms with Gasteiger partial charge in [0.25, 0.3) is 0 Å². The molecule has 0 saturated carbocycles. The summed E-state index contributed by atoms with van der Waals surface area (Å²) >= 11 is 0. The van der Waals surface area contributed by atoms with Gasteiger partial charge in [0.15, 0.2) is 0 Å². The molecule has 0 unspecified atom stereocenters. The molecule has 10 aromatic rings. The average molecular weight is 944 g/mol. The Kier molecular flexibility index (Phi) is 8.92. The van der Waals surface area contributed by atoms with E-state index in [-0.39, 0.29) is 26.5 Å². The van der Waals surface area contributed by atoms with Crippen LogP contribution >= 0.6 is 0 Å². The number of pyridine rings is 1. The van der Waals surface area contributed by atoms with Crippen molar-refractivity contribution in [3.63, 3.8) is 0 Å². The number of fused-ring (bicyclic) bond motifs is 7. The van der Waals surface area contributed by atoms with Crippen LogP contribution in [0.25, 0.3) is 66.2 Å². The normalized spacial score (nSPS) is 12.6. The fraction of sp³-hybridized carbons (Fsp3) is 0.0769. The molecule has 7 heteroatoms. The molecule has 6 nitrogen and oxygen atoms in total. The van der Waals surface area contributed by atoms with Crippen molar-refractivity contribution in [2.45, 2.75) is 26.2 Å². The first-order valence-corrected chi connectivity index (χ1v) is 19.6. The topological polar surface area (TPSA) is 47.2 Å². The van der Waals surface area contributed by atoms with Gasteiger partial charge in [0.2, 0.25) is 0 Å². The zero-order chi connectivity index (χ0) is 39.0. The molecule has 0 radical (unpaired) electrons. The summed E-state index contributed by atoms with van der Waals surface area (Å²) in [6.45, 7) is 8.64. The summed E-state index contributed by atoms with van der Waals surface area (Å²) in [6, 6.07) is 62.6. The SMILES string of the molecule is CC(C)(C)c1ccnc(-n2c3[c-]c(Oc4[c-]c(N5[CH-]Nc6ccccc65)ccc4)ccc3c3cc(-c4ccc5c(c4)c4ccccc4n5-c4ccccc4)ccc32)c1.[Pt]. The van der Waals surface area contributed by atoms with Crippen molar-refractivity contribution in [1.82, 2.24) is 14.1 Å². The molecule has 290 valence electrons. The standard InChI is InChI=1S/C52H38N5O.Pt/c1-52(2,3)36-26-27-53-51(30-36)57-48-25-21-35(34-20-24-47-43(28-34)41-16-7-9-18-46(41)56(47)37-12-5-4-6-13-37)29-44(48)42-23-22-40(32-50(42)57)58-39-15-11-14-38(31-39)55-33-54-45-17-8-10-19-49(45)55;/h4-30,33,54H,1-3H3;/q-3;. The van der Waals surface area contributed by atoms with Gasteiger partial charge in [-0.1, -0.05) is 93.0 Å². The Morgan fingerprint density at radius 3 is 2.10 bits per heavy atom. The molecule has 0 aliphatic carbocycles. The Labute approximate surface area is 357 Å². The first-order valence-electron chi connectivity index (χ1n) is 19.6. The second kappa shape index (κ2) is 14.3. The van der Waals surface area contributed by atoms with Gasteiger partial charge in [0, 0.05) is 72.1 Å². The molecule has 11 rings (SSSR count). The summed E-state index contributed by atoms with van der Waals surface area (Å²) in [5.74, 6) is 2.04. The van der Waals surface area contributed by atoms with Crippen LogP contribution in [-0.4, -0.2) is 14.1 Å². The van der Waals surface area contributed by atoms with Gasteiger partial charge in [0.1, 0.15) is 5.82 Å². The molecular weight excluding hydrogens is 906 g/mol. The predicted octanol–water partition coefficient (Wildman–Crippen LogP) is 13.3. The minimum atomic E-state index is -0.0481. The fourth-order valence-corrected chi connectivity index (χ4v) is 8.38. The Morgan fingerprint density at radius 1 is 0.593 bits per heavy atom. The van der Waals surface area contributed by atoms with E-state index in [4.69, 9.17) is 9.72 Å². The van der Waals surface area contributed by atoms with Gasteiger partial charge in [-0.25, -0.2) is 4.98 Å². The van der Waals surface area contributed by atoms with Crippen LogP contribution in [0.2, 0.25) is 0 Å². The van der Waals surface area contributed by atoms with E-state index >= 15 is 0 Å². The van der Waals surface area contributed by atoms with Crippen molar-refractivity contribution < 1.29 is 25.8 Å². The van der Waals surface area contributed by atoms with E-state index in [1.165, 1.54) is 27.4 Å². The number of para-hydroxylation sites is 4. The molecule has 1 aliphatic heterocycles. The molecular formula is C52H38N5OPt-3. The van der Waals surface area contributed by atoms with Crippen LogP contribution < -0.4 is 15.0 Å². The average Bonchev–Trinajstić information content (AvgIpc) is 3.93. The number of nitrogens with one attached hydrogen (secondary N) is 1. The second-order valence-corrected chi connectivity index (χ2v) is 15.9. The van der Waals surface area contributed by atoms with Crippen LogP contribution in [-0.2, 0) is 26.5 Å². The van der Waals surface area contributed by atoms with E-state index in [2.05, 4.69) is 174 Å². The number of hydrogen-bond donors (Lipinski definition) is 1. The first-order chi connectivity index (χ1) is 28.4. The van der Waals surface area contributed by atoms with Crippen LogP contribution in [0.4, 0.5) is 17.1 Å². The molecule has 7 aromatic carbocycles. The summed E-state index contributed by atoms with van der Waals surface area (Å²) in [4.78, 5) is 7.01. The van der Waals surface area contributed by atoms with Crippen molar-refractivity contribution in [1.29, 1.82) is 0 Å². The van der Waals surface area contributed by atoms with E-state index in [1.807, 2.05) is 49.3 Å². The second-order valence-electron chi connectivity index (χ2n) is 15.9. The van der Waals surface area contributed by atoms with E-state index in [1.54, 1.807) is 0 Å². The molecule has 0 fully saturated rings. The summed E-state index contributed by atoms with van der Waals surface area (Å²) in [7, 11) is 0. The maximum atomic E-state index is 6.53. The van der Waals surface area contributed by atoms with Gasteiger partial charge in [-0.15, -0.1) is 41.4 Å². The molecule has 0 bridgehead atoms. The first kappa shape index (κ1) is 36.7. The number of hydrogen-bond acceptors (Lipinski definition) is 4. The van der Waals surface area contributed by atoms with Crippen molar-refractivity contribution in [3.05, 3.63) is 188 Å². The van der Waals surface area contributed by atoms with E-state index in [9.17, 15) is 0 Å². The Balaban J connectivity index is 0.00000420. The smallest absolute Gasteiger partial charge is 0.135 e. The molecule has 1 aliphatic rings. The third-order valence-electron chi connectivity index (χ3n) is 11.3. The maximum absolute atomic E-state index is 6.53. The van der Waals surface area contributed by atoms with E-state index in [0.29, 0.717) is 11.5 Å². The molecule has 59 heavy (non-hydrogen) atoms. The number of aromatic nitrogens is 3. The van der Waals surface area contributed by atoms with Crippen molar-refractivity contribution >= 4 is 60.7 Å². The summed E-state index contributed by atoms with van der Waals surface area (Å²) in [5, 5.41) is 7.99. The number of ether oxygens (including phenoxy) is 1. The summed E-state index contributed by atoms with van der Waals surface area (Å²) < 4.78 is 11.1. The monoisotopic (exact) mass is 943 g/mol. The molecule has 3 aromatic heterocycles. The van der Waals surface area contributed by atoms with E-state index in [0.717, 1.165) is 61.5 Å². The Bertz CT molecular complexity index is 3210. The number of anilines is 3. The third kappa shape index (κ3) is 6.27. The summed E-state index contributed by atoms with van der Waals surface area (Å²) in [6.07, 6.45) is 1.91. The molecule has 0 spiro atoms. The minimum Gasteiger partial charge on any atom is -0.514 e. The van der Waals surface area contributed by atoms with Gasteiger partial charge in [-0.05, 0) is 88.2 Å². The zero-order valence-electron chi connectivity index (χ0n) is 32.7. The number of nitrogens with zero attached hydrogens (tertiary/aromatic N) is 4. The van der Waals surface area contributed by atoms with Crippen LogP contribution in [0.5, 0.6) is 11.5 Å². The minimum absolute atomic E-state index is 0. The number of benzene rings is 7. The fourth-order valence-electron chi connectivity index (χ4n) is 8.38. The number of rotatable bonds is 6. The quantitative estimate of drug-likeness (QED) is 0.169. The van der Waals surface area contributed by atoms with Crippen LogP contribution in [0.1, 0.15) is 26.3 Å². The van der Waals surface area contributed by atoms with Gasteiger partial charge in [0.05, 0.1) is 11.0 Å². The maximum Gasteiger partial charge on any atom is 0.135 e. The van der Waals surface area contributed by atoms with Gasteiger partial charge < -0.3 is 24.1 Å².